The van der Waals surface area contributed by atoms with E-state index in [0.717, 1.165) is 75.6 Å². The molecule has 312 valence electrons. The first-order chi connectivity index (χ1) is 26.1. The third-order valence-electron chi connectivity index (χ3n) is 16.9. The minimum absolute atomic E-state index is 0.0296. The second kappa shape index (κ2) is 15.4. The number of Topliss-reactive ketones (excluding diaryl/α,β-unsaturated/α-hetero) is 1. The maximum absolute atomic E-state index is 14.3. The fraction of sp³-hybridized carbons (Fsp3) is 0.766. The van der Waals surface area contributed by atoms with Gasteiger partial charge in [0, 0.05) is 48.5 Å². The quantitative estimate of drug-likeness (QED) is 0.170. The largest absolute Gasteiger partial charge is 0.481 e. The molecule has 0 aromatic heterocycles. The number of halogens is 1. The van der Waals surface area contributed by atoms with Gasteiger partial charge in [0.15, 0.2) is 5.78 Å². The van der Waals surface area contributed by atoms with Crippen LogP contribution < -0.4 is 5.32 Å². The number of hydrogen-bond donors (Lipinski definition) is 3. The van der Waals surface area contributed by atoms with E-state index in [2.05, 4.69) is 70.8 Å². The van der Waals surface area contributed by atoms with E-state index in [1.54, 1.807) is 13.8 Å². The van der Waals surface area contributed by atoms with Crippen LogP contribution in [0.2, 0.25) is 5.02 Å². The fourth-order valence-electron chi connectivity index (χ4n) is 13.7. The van der Waals surface area contributed by atoms with Crippen LogP contribution in [0.3, 0.4) is 0 Å². The van der Waals surface area contributed by atoms with Gasteiger partial charge in [-0.1, -0.05) is 77.8 Å². The smallest absolute Gasteiger partial charge is 0.309 e. The Morgan fingerprint density at radius 1 is 0.964 bits per heavy atom. The SMILES string of the molecule is CNCCN(Cc1ccc(Cl)cc1)C[C@@H](O)[C@@]12CC[C@]3(C)C(CC[C@@H]4C5(C)CC[C@H](OC(=O)CC(C)(C)C(=O)O)C(C)(C)[C@@H]5CC[C@]43C)C1=C(C(C)C)C(=O)C2. The zero-order valence-electron chi connectivity index (χ0n) is 36.0. The van der Waals surface area contributed by atoms with Gasteiger partial charge in [0.05, 0.1) is 17.9 Å². The van der Waals surface area contributed by atoms with Gasteiger partial charge in [-0.3, -0.25) is 19.3 Å². The normalized spacial score (nSPS) is 35.8. The van der Waals surface area contributed by atoms with Crippen molar-refractivity contribution in [1.82, 2.24) is 10.2 Å². The highest BCUT2D eigenvalue weighted by Gasteiger charge is 2.71. The Balaban J connectivity index is 1.28. The standard InChI is InChI=1S/C47H71ClN2O6/c1-29(2)39-33(51)25-47(36(52)28-50(24-23-49-10)27-30-11-13-31(48)14-12-30)22-21-45(8)32(40(39)47)15-16-35-44(7)19-18-37(56-38(53)26-42(3,4)41(54)55)43(5,6)34(44)17-20-46(35,45)9/h11-14,29,32,34-37,49,52H,15-28H2,1-10H3,(H,54,55)/t32?,34-,35+,36+,37-,44?,45+,46+,47-/m0/s1. The Hall–Kier alpha value is -2.26. The van der Waals surface area contributed by atoms with Gasteiger partial charge in [-0.15, -0.1) is 0 Å². The number of aliphatic hydroxyl groups is 1. The average Bonchev–Trinajstić information content (AvgIpc) is 3.42. The number of nitrogens with zero attached hydrogens (tertiary/aromatic N) is 1. The van der Waals surface area contributed by atoms with E-state index in [-0.39, 0.29) is 51.8 Å². The lowest BCUT2D eigenvalue weighted by Crippen LogP contribution is -2.66. The molecule has 2 unspecified atom stereocenters. The fourth-order valence-corrected chi connectivity index (χ4v) is 13.8. The van der Waals surface area contributed by atoms with Crippen LogP contribution in [0.5, 0.6) is 0 Å². The minimum Gasteiger partial charge on any atom is -0.481 e. The maximum Gasteiger partial charge on any atom is 0.309 e. The number of esters is 1. The zero-order valence-corrected chi connectivity index (χ0v) is 36.8. The summed E-state index contributed by atoms with van der Waals surface area (Å²) in [7, 11) is 1.96. The third kappa shape index (κ3) is 7.12. The number of carbonyl (C=O) groups is 3. The number of benzene rings is 1. The van der Waals surface area contributed by atoms with Crippen molar-refractivity contribution in [2.24, 2.45) is 56.2 Å². The van der Waals surface area contributed by atoms with Crippen molar-refractivity contribution in [2.45, 2.75) is 145 Å². The predicted molar refractivity (Wildman–Crippen MR) is 222 cm³/mol. The molecule has 5 aliphatic rings. The number of carboxylic acids is 1. The highest BCUT2D eigenvalue weighted by Crippen LogP contribution is 2.77. The summed E-state index contributed by atoms with van der Waals surface area (Å²) in [6.07, 6.45) is 7.13. The number of ether oxygens (including phenoxy) is 1. The molecule has 56 heavy (non-hydrogen) atoms. The molecule has 9 heteroatoms. The monoisotopic (exact) mass is 795 g/mol. The molecule has 6 rings (SSSR count). The molecule has 9 atom stereocenters. The molecule has 5 aliphatic carbocycles. The number of carboxylic acid groups (broad SMARTS) is 1. The van der Waals surface area contributed by atoms with Crippen molar-refractivity contribution in [1.29, 1.82) is 0 Å². The Labute approximate surface area is 341 Å². The van der Waals surface area contributed by atoms with Crippen molar-refractivity contribution in [3.63, 3.8) is 0 Å². The first kappa shape index (κ1) is 43.3. The summed E-state index contributed by atoms with van der Waals surface area (Å²) in [6.45, 7) is 22.5. The van der Waals surface area contributed by atoms with Gasteiger partial charge in [-0.05, 0) is 135 Å². The van der Waals surface area contributed by atoms with Crippen molar-refractivity contribution in [3.8, 4) is 0 Å². The van der Waals surface area contributed by atoms with Crippen LogP contribution in [-0.2, 0) is 25.7 Å². The van der Waals surface area contributed by atoms with Crippen LogP contribution in [0.25, 0.3) is 0 Å². The number of fused-ring (bicyclic) bond motifs is 7. The lowest BCUT2D eigenvalue weighted by Gasteiger charge is -2.72. The Morgan fingerprint density at radius 3 is 2.27 bits per heavy atom. The molecule has 1 aromatic rings. The molecular formula is C47H71ClN2O6. The average molecular weight is 796 g/mol. The molecule has 3 N–H and O–H groups in total. The molecule has 4 saturated carbocycles. The topological polar surface area (TPSA) is 116 Å². The molecule has 0 spiro atoms. The van der Waals surface area contributed by atoms with Gasteiger partial charge < -0.3 is 20.3 Å². The van der Waals surface area contributed by atoms with Gasteiger partial charge in [0.2, 0.25) is 0 Å². The molecule has 0 amide bonds. The van der Waals surface area contributed by atoms with E-state index in [9.17, 15) is 24.6 Å². The summed E-state index contributed by atoms with van der Waals surface area (Å²) in [4.78, 5) is 41.5. The van der Waals surface area contributed by atoms with Crippen LogP contribution in [0.4, 0.5) is 0 Å². The number of ketones is 1. The van der Waals surface area contributed by atoms with Crippen molar-refractivity contribution >= 4 is 29.3 Å². The first-order valence-corrected chi connectivity index (χ1v) is 22.0. The van der Waals surface area contributed by atoms with E-state index >= 15 is 0 Å². The van der Waals surface area contributed by atoms with Crippen molar-refractivity contribution in [3.05, 3.63) is 46.0 Å². The molecule has 0 saturated heterocycles. The van der Waals surface area contributed by atoms with Crippen LogP contribution in [0.15, 0.2) is 35.4 Å². The molecule has 8 nitrogen and oxygen atoms in total. The van der Waals surface area contributed by atoms with Crippen molar-refractivity contribution in [2.75, 3.05) is 26.7 Å². The van der Waals surface area contributed by atoms with Crippen LogP contribution in [-0.4, -0.2) is 71.7 Å². The van der Waals surface area contributed by atoms with Gasteiger partial charge in [0.1, 0.15) is 6.10 Å². The van der Waals surface area contributed by atoms with Crippen molar-refractivity contribution < 1.29 is 29.3 Å². The van der Waals surface area contributed by atoms with E-state index in [1.165, 1.54) is 5.57 Å². The lowest BCUT2D eigenvalue weighted by atomic mass is 9.33. The Bertz CT molecular complexity index is 1700. The van der Waals surface area contributed by atoms with Crippen LogP contribution in [0.1, 0.15) is 132 Å². The van der Waals surface area contributed by atoms with E-state index < -0.39 is 28.9 Å². The zero-order chi connectivity index (χ0) is 41.2. The number of allylic oxidation sites excluding steroid dienone is 1. The number of nitrogens with one attached hydrogen (secondary N) is 1. The Kier molecular flexibility index (Phi) is 11.9. The van der Waals surface area contributed by atoms with Crippen LogP contribution >= 0.6 is 11.6 Å². The van der Waals surface area contributed by atoms with Gasteiger partial charge in [0.25, 0.3) is 0 Å². The van der Waals surface area contributed by atoms with E-state index in [0.29, 0.717) is 36.4 Å². The number of carbonyl (C=O) groups excluding carboxylic acids is 2. The number of rotatable bonds is 13. The van der Waals surface area contributed by atoms with E-state index in [1.807, 2.05) is 19.2 Å². The Morgan fingerprint density at radius 2 is 1.64 bits per heavy atom. The highest BCUT2D eigenvalue weighted by molar-refractivity contribution is 6.30. The number of hydrogen-bond acceptors (Lipinski definition) is 7. The molecule has 0 bridgehead atoms. The molecule has 4 fully saturated rings. The number of likely N-dealkylation sites (N-methyl/N-ethyl adjacent to an activating group) is 1. The molecule has 0 radical (unpaired) electrons. The summed E-state index contributed by atoms with van der Waals surface area (Å²) in [5.74, 6) is 0.000592. The summed E-state index contributed by atoms with van der Waals surface area (Å²) < 4.78 is 6.19. The predicted octanol–water partition coefficient (Wildman–Crippen LogP) is 9.12. The lowest BCUT2D eigenvalue weighted by molar-refractivity contribution is -0.235. The molecule has 0 heterocycles. The summed E-state index contributed by atoms with van der Waals surface area (Å²) in [6, 6.07) is 7.97. The number of aliphatic carboxylic acids is 1. The second-order valence-corrected chi connectivity index (χ2v) is 21.5. The molecule has 1 aromatic carbocycles. The maximum atomic E-state index is 14.3. The van der Waals surface area contributed by atoms with Crippen LogP contribution in [0, 0.1) is 56.2 Å². The first-order valence-electron chi connectivity index (χ1n) is 21.6. The minimum atomic E-state index is -1.17. The van der Waals surface area contributed by atoms with Gasteiger partial charge in [-0.25, -0.2) is 0 Å². The second-order valence-electron chi connectivity index (χ2n) is 21.0. The highest BCUT2D eigenvalue weighted by atomic mass is 35.5. The summed E-state index contributed by atoms with van der Waals surface area (Å²) >= 11 is 6.22. The van der Waals surface area contributed by atoms with Gasteiger partial charge in [-0.2, -0.15) is 0 Å². The van der Waals surface area contributed by atoms with Gasteiger partial charge >= 0.3 is 11.9 Å². The third-order valence-corrected chi connectivity index (χ3v) is 17.2. The summed E-state index contributed by atoms with van der Waals surface area (Å²) in [5, 5.41) is 26.3. The molecule has 0 aliphatic heterocycles. The van der Waals surface area contributed by atoms with E-state index in [4.69, 9.17) is 16.3 Å². The summed E-state index contributed by atoms with van der Waals surface area (Å²) in [5.41, 5.74) is 1.53. The number of aliphatic hydroxyl groups excluding tert-OH is 1. The molecular weight excluding hydrogens is 724 g/mol.